The summed E-state index contributed by atoms with van der Waals surface area (Å²) in [4.78, 5) is 22.9. The van der Waals surface area contributed by atoms with Crippen LogP contribution >= 0.6 is 0 Å². The zero-order valence-corrected chi connectivity index (χ0v) is 10.2. The Hall–Kier alpha value is -2.05. The molecule has 0 saturated heterocycles. The number of nitrogens with two attached hydrogens (primary N) is 2. The minimum absolute atomic E-state index is 0.0983. The Morgan fingerprint density at radius 2 is 2.12 bits per heavy atom. The molecule has 0 aliphatic heterocycles. The normalized spacial score (nSPS) is 11.2. The summed E-state index contributed by atoms with van der Waals surface area (Å²) in [5.74, 6) is -1.14. The molecule has 0 aliphatic rings. The van der Waals surface area contributed by atoms with E-state index in [0.29, 0.717) is 6.54 Å². The molecule has 2 amide bonds. The van der Waals surface area contributed by atoms with Crippen LogP contribution in [0.1, 0.15) is 31.3 Å². The van der Waals surface area contributed by atoms with Gasteiger partial charge in [-0.25, -0.2) is 0 Å². The number of nitrogen functional groups attached to an aromatic ring is 1. The summed E-state index contributed by atoms with van der Waals surface area (Å²) in [5.41, 5.74) is 10.0. The van der Waals surface area contributed by atoms with E-state index in [9.17, 15) is 9.59 Å². The SMILES string of the molecule is CCn1cc(N)c(C(=O)NC(C)(C)C(N)=O)n1. The van der Waals surface area contributed by atoms with Gasteiger partial charge in [-0.05, 0) is 20.8 Å². The second kappa shape index (κ2) is 4.44. The van der Waals surface area contributed by atoms with Crippen LogP contribution in [0.3, 0.4) is 0 Å². The lowest BCUT2D eigenvalue weighted by atomic mass is 10.1. The summed E-state index contributed by atoms with van der Waals surface area (Å²) in [7, 11) is 0. The minimum Gasteiger partial charge on any atom is -0.396 e. The van der Waals surface area contributed by atoms with Crippen molar-refractivity contribution >= 4 is 17.5 Å². The molecule has 0 spiro atoms. The molecule has 0 saturated carbocycles. The Morgan fingerprint density at radius 3 is 2.53 bits per heavy atom. The lowest BCUT2D eigenvalue weighted by Gasteiger charge is -2.21. The standard InChI is InChI=1S/C10H17N5O2/c1-4-15-5-6(11)7(14-15)8(16)13-10(2,3)9(12)17/h5H,4,11H2,1-3H3,(H2,12,17)(H,13,16). The number of carbonyl (C=O) groups excluding carboxylic acids is 2. The molecule has 0 unspecified atom stereocenters. The Kier molecular flexibility index (Phi) is 3.40. The highest BCUT2D eigenvalue weighted by molar-refractivity contribution is 6.00. The van der Waals surface area contributed by atoms with Crippen molar-refractivity contribution in [3.8, 4) is 0 Å². The van der Waals surface area contributed by atoms with E-state index in [1.807, 2.05) is 6.92 Å². The summed E-state index contributed by atoms with van der Waals surface area (Å²) < 4.78 is 1.54. The van der Waals surface area contributed by atoms with Gasteiger partial charge in [0.25, 0.3) is 5.91 Å². The second-order valence-corrected chi connectivity index (χ2v) is 4.23. The van der Waals surface area contributed by atoms with Gasteiger partial charge in [-0.3, -0.25) is 14.3 Å². The summed E-state index contributed by atoms with van der Waals surface area (Å²) in [6.45, 7) is 5.51. The highest BCUT2D eigenvalue weighted by atomic mass is 16.2. The van der Waals surface area contributed by atoms with Crippen LogP contribution in [0.25, 0.3) is 0 Å². The highest BCUT2D eigenvalue weighted by Gasteiger charge is 2.29. The number of primary amides is 1. The summed E-state index contributed by atoms with van der Waals surface area (Å²) in [6.07, 6.45) is 1.56. The largest absolute Gasteiger partial charge is 0.396 e. The van der Waals surface area contributed by atoms with Crippen molar-refractivity contribution in [1.82, 2.24) is 15.1 Å². The van der Waals surface area contributed by atoms with Crippen LogP contribution in [0.15, 0.2) is 6.20 Å². The molecule has 1 heterocycles. The van der Waals surface area contributed by atoms with Crippen molar-refractivity contribution in [2.45, 2.75) is 32.9 Å². The van der Waals surface area contributed by atoms with E-state index in [0.717, 1.165) is 0 Å². The minimum atomic E-state index is -1.14. The number of rotatable bonds is 4. The van der Waals surface area contributed by atoms with Crippen molar-refractivity contribution in [2.24, 2.45) is 5.73 Å². The number of nitrogens with zero attached hydrogens (tertiary/aromatic N) is 2. The lowest BCUT2D eigenvalue weighted by molar-refractivity contribution is -0.122. The van der Waals surface area contributed by atoms with Gasteiger partial charge in [-0.1, -0.05) is 0 Å². The van der Waals surface area contributed by atoms with Gasteiger partial charge >= 0.3 is 0 Å². The molecule has 0 aliphatic carbocycles. The number of aryl methyl sites for hydroxylation is 1. The smallest absolute Gasteiger partial charge is 0.274 e. The molecule has 7 nitrogen and oxygen atoms in total. The molecule has 0 atom stereocenters. The molecular formula is C10H17N5O2. The third-order valence-corrected chi connectivity index (χ3v) is 2.37. The average Bonchev–Trinajstić information content (AvgIpc) is 2.58. The van der Waals surface area contributed by atoms with Crippen molar-refractivity contribution in [2.75, 3.05) is 5.73 Å². The van der Waals surface area contributed by atoms with Gasteiger partial charge < -0.3 is 16.8 Å². The van der Waals surface area contributed by atoms with Crippen molar-refractivity contribution in [1.29, 1.82) is 0 Å². The maximum atomic E-state index is 11.8. The molecule has 5 N–H and O–H groups in total. The van der Waals surface area contributed by atoms with E-state index in [4.69, 9.17) is 11.5 Å². The molecular weight excluding hydrogens is 222 g/mol. The van der Waals surface area contributed by atoms with Crippen molar-refractivity contribution < 1.29 is 9.59 Å². The average molecular weight is 239 g/mol. The van der Waals surface area contributed by atoms with Crippen LogP contribution in [0.5, 0.6) is 0 Å². The molecule has 7 heteroatoms. The maximum absolute atomic E-state index is 11.8. The van der Waals surface area contributed by atoms with E-state index < -0.39 is 17.4 Å². The van der Waals surface area contributed by atoms with E-state index in [-0.39, 0.29) is 11.4 Å². The third-order valence-electron chi connectivity index (χ3n) is 2.37. The number of anilines is 1. The van der Waals surface area contributed by atoms with Gasteiger partial charge in [0.15, 0.2) is 5.69 Å². The molecule has 1 aromatic heterocycles. The molecule has 1 aromatic rings. The molecule has 17 heavy (non-hydrogen) atoms. The Bertz CT molecular complexity index is 450. The molecule has 0 aromatic carbocycles. The van der Waals surface area contributed by atoms with E-state index in [1.54, 1.807) is 10.9 Å². The highest BCUT2D eigenvalue weighted by Crippen LogP contribution is 2.11. The van der Waals surface area contributed by atoms with Gasteiger partial charge in [-0.2, -0.15) is 5.10 Å². The Labute approximate surface area is 99.1 Å². The van der Waals surface area contributed by atoms with Gasteiger partial charge in [0.2, 0.25) is 5.91 Å². The zero-order valence-electron chi connectivity index (χ0n) is 10.2. The number of nitrogens with one attached hydrogen (secondary N) is 1. The molecule has 0 bridgehead atoms. The first-order valence-electron chi connectivity index (χ1n) is 5.23. The van der Waals surface area contributed by atoms with Crippen molar-refractivity contribution in [3.05, 3.63) is 11.9 Å². The van der Waals surface area contributed by atoms with E-state index >= 15 is 0 Å². The molecule has 0 fully saturated rings. The van der Waals surface area contributed by atoms with Crippen LogP contribution in [-0.4, -0.2) is 27.1 Å². The van der Waals surface area contributed by atoms with Crippen LogP contribution in [-0.2, 0) is 11.3 Å². The lowest BCUT2D eigenvalue weighted by Crippen LogP contribution is -2.53. The fourth-order valence-corrected chi connectivity index (χ4v) is 1.18. The number of carbonyl (C=O) groups is 2. The first kappa shape index (κ1) is 13.0. The van der Waals surface area contributed by atoms with Gasteiger partial charge in [0.1, 0.15) is 5.54 Å². The first-order valence-corrected chi connectivity index (χ1v) is 5.23. The Balaban J connectivity index is 2.90. The van der Waals surface area contributed by atoms with Gasteiger partial charge in [-0.15, -0.1) is 0 Å². The van der Waals surface area contributed by atoms with Crippen LogP contribution in [0, 0.1) is 0 Å². The van der Waals surface area contributed by atoms with E-state index in [1.165, 1.54) is 13.8 Å². The number of hydrogen-bond donors (Lipinski definition) is 3. The quantitative estimate of drug-likeness (QED) is 0.655. The van der Waals surface area contributed by atoms with Gasteiger partial charge in [0.05, 0.1) is 5.69 Å². The predicted octanol–water partition coefficient (Wildman–Crippen LogP) is -0.521. The second-order valence-electron chi connectivity index (χ2n) is 4.23. The maximum Gasteiger partial charge on any atom is 0.274 e. The molecule has 1 rings (SSSR count). The van der Waals surface area contributed by atoms with E-state index in [2.05, 4.69) is 10.4 Å². The topological polar surface area (TPSA) is 116 Å². The molecule has 94 valence electrons. The summed E-state index contributed by atoms with van der Waals surface area (Å²) in [6, 6.07) is 0. The number of amides is 2. The summed E-state index contributed by atoms with van der Waals surface area (Å²) in [5, 5.41) is 6.48. The van der Waals surface area contributed by atoms with Crippen LogP contribution in [0.2, 0.25) is 0 Å². The molecule has 0 radical (unpaired) electrons. The predicted molar refractivity (Wildman–Crippen MR) is 63.1 cm³/mol. The number of hydrogen-bond acceptors (Lipinski definition) is 4. The summed E-state index contributed by atoms with van der Waals surface area (Å²) >= 11 is 0. The van der Waals surface area contributed by atoms with Crippen molar-refractivity contribution in [3.63, 3.8) is 0 Å². The van der Waals surface area contributed by atoms with Crippen LogP contribution in [0.4, 0.5) is 5.69 Å². The van der Waals surface area contributed by atoms with Gasteiger partial charge in [0, 0.05) is 12.7 Å². The fraction of sp³-hybridized carbons (Fsp3) is 0.500. The fourth-order valence-electron chi connectivity index (χ4n) is 1.18. The zero-order chi connectivity index (χ0) is 13.2. The first-order chi connectivity index (χ1) is 7.77. The Morgan fingerprint density at radius 1 is 1.53 bits per heavy atom. The third kappa shape index (κ3) is 2.74. The van der Waals surface area contributed by atoms with Crippen LogP contribution < -0.4 is 16.8 Å². The number of aromatic nitrogens is 2. The monoisotopic (exact) mass is 239 g/mol.